The zero-order valence-electron chi connectivity index (χ0n) is 4.06. The van der Waals surface area contributed by atoms with Gasteiger partial charge in [0.2, 0.25) is 0 Å². The first kappa shape index (κ1) is 6.82. The van der Waals surface area contributed by atoms with Crippen molar-refractivity contribution in [2.75, 3.05) is 0 Å². The highest BCUT2D eigenvalue weighted by atomic mass is 19.3. The summed E-state index contributed by atoms with van der Waals surface area (Å²) in [6.45, 7) is 1.51. The van der Waals surface area contributed by atoms with Crippen LogP contribution in [0.5, 0.6) is 0 Å². The standard InChI is InChI=1S/C4H8F2O/c1-2-3(7)4(5)6/h3-4,7H,2H2,1H3. The Bertz CT molecular complexity index is 47.0. The first-order chi connectivity index (χ1) is 3.18. The lowest BCUT2D eigenvalue weighted by molar-refractivity contribution is -0.00595. The van der Waals surface area contributed by atoms with Crippen molar-refractivity contribution in [2.45, 2.75) is 25.9 Å². The van der Waals surface area contributed by atoms with Gasteiger partial charge in [0.1, 0.15) is 6.10 Å². The molecule has 1 N–H and O–H groups in total. The first-order valence-electron chi connectivity index (χ1n) is 2.14. The van der Waals surface area contributed by atoms with Gasteiger partial charge in [0.25, 0.3) is 6.43 Å². The second-order valence-corrected chi connectivity index (χ2v) is 1.31. The van der Waals surface area contributed by atoms with E-state index in [2.05, 4.69) is 0 Å². The Labute approximate surface area is 41.0 Å². The summed E-state index contributed by atoms with van der Waals surface area (Å²) in [5.41, 5.74) is 0. The van der Waals surface area contributed by atoms with Crippen LogP contribution in [0.4, 0.5) is 8.78 Å². The van der Waals surface area contributed by atoms with Crippen molar-refractivity contribution in [3.63, 3.8) is 0 Å². The lowest BCUT2D eigenvalue weighted by atomic mass is 10.3. The van der Waals surface area contributed by atoms with Gasteiger partial charge in [-0.1, -0.05) is 6.92 Å². The van der Waals surface area contributed by atoms with E-state index in [1.807, 2.05) is 0 Å². The molecule has 0 aromatic heterocycles. The summed E-state index contributed by atoms with van der Waals surface area (Å²) in [5.74, 6) is 0. The third-order valence-corrected chi connectivity index (χ3v) is 0.709. The van der Waals surface area contributed by atoms with Gasteiger partial charge in [-0.05, 0) is 6.42 Å². The summed E-state index contributed by atoms with van der Waals surface area (Å²) in [7, 11) is 0. The van der Waals surface area contributed by atoms with Crippen molar-refractivity contribution >= 4 is 0 Å². The Hall–Kier alpha value is -0.180. The monoisotopic (exact) mass is 110 g/mol. The number of halogens is 2. The summed E-state index contributed by atoms with van der Waals surface area (Å²) in [6, 6.07) is 0. The minimum Gasteiger partial charge on any atom is -0.387 e. The topological polar surface area (TPSA) is 20.2 Å². The molecule has 3 heteroatoms. The van der Waals surface area contributed by atoms with Gasteiger partial charge >= 0.3 is 0 Å². The number of aliphatic hydroxyl groups excluding tert-OH is 1. The van der Waals surface area contributed by atoms with E-state index in [0.717, 1.165) is 0 Å². The van der Waals surface area contributed by atoms with Crippen LogP contribution in [0.2, 0.25) is 0 Å². The molecule has 1 nitrogen and oxygen atoms in total. The fourth-order valence-corrected chi connectivity index (χ4v) is 0.178. The molecule has 0 spiro atoms. The fraction of sp³-hybridized carbons (Fsp3) is 1.00. The molecule has 0 aliphatic rings. The molecular formula is C4H8F2O. The molecule has 1 atom stereocenters. The number of hydrogen-bond acceptors (Lipinski definition) is 1. The minimum atomic E-state index is -2.58. The van der Waals surface area contributed by atoms with Crippen LogP contribution in [-0.4, -0.2) is 17.6 Å². The molecule has 0 saturated carbocycles. The molecule has 0 aliphatic carbocycles. The average Bonchev–Trinajstić information content (AvgIpc) is 1.65. The van der Waals surface area contributed by atoms with Crippen LogP contribution in [0.3, 0.4) is 0 Å². The maximum absolute atomic E-state index is 11.2. The lowest BCUT2D eigenvalue weighted by Gasteiger charge is -2.02. The number of alkyl halides is 2. The molecule has 0 saturated heterocycles. The van der Waals surface area contributed by atoms with E-state index in [1.165, 1.54) is 6.92 Å². The SMILES string of the molecule is CCC(O)C(F)F. The van der Waals surface area contributed by atoms with Gasteiger partial charge in [-0.2, -0.15) is 0 Å². The Kier molecular flexibility index (Phi) is 2.83. The fourth-order valence-electron chi connectivity index (χ4n) is 0.178. The third kappa shape index (κ3) is 2.51. The molecule has 1 unspecified atom stereocenters. The molecule has 0 rings (SSSR count). The van der Waals surface area contributed by atoms with Crippen molar-refractivity contribution in [3.05, 3.63) is 0 Å². The van der Waals surface area contributed by atoms with E-state index in [9.17, 15) is 8.78 Å². The Morgan fingerprint density at radius 2 is 2.00 bits per heavy atom. The summed E-state index contributed by atoms with van der Waals surface area (Å²) < 4.78 is 22.4. The van der Waals surface area contributed by atoms with E-state index < -0.39 is 12.5 Å². The highest BCUT2D eigenvalue weighted by Crippen LogP contribution is 2.02. The van der Waals surface area contributed by atoms with E-state index in [0.29, 0.717) is 0 Å². The van der Waals surface area contributed by atoms with Crippen LogP contribution in [0.1, 0.15) is 13.3 Å². The number of aliphatic hydroxyl groups is 1. The van der Waals surface area contributed by atoms with Crippen molar-refractivity contribution in [1.29, 1.82) is 0 Å². The highest BCUT2D eigenvalue weighted by molar-refractivity contribution is 4.51. The second kappa shape index (κ2) is 2.91. The summed E-state index contributed by atoms with van der Waals surface area (Å²) >= 11 is 0. The van der Waals surface area contributed by atoms with Crippen LogP contribution >= 0.6 is 0 Å². The summed E-state index contributed by atoms with van der Waals surface area (Å²) in [6.07, 6.45) is -3.89. The van der Waals surface area contributed by atoms with Crippen LogP contribution in [0, 0.1) is 0 Å². The summed E-state index contributed by atoms with van der Waals surface area (Å²) in [4.78, 5) is 0. The van der Waals surface area contributed by atoms with Gasteiger partial charge in [0, 0.05) is 0 Å². The molecule has 0 amide bonds. The largest absolute Gasteiger partial charge is 0.387 e. The molecule has 0 aromatic rings. The van der Waals surface area contributed by atoms with Gasteiger partial charge < -0.3 is 5.11 Å². The first-order valence-corrected chi connectivity index (χ1v) is 2.14. The van der Waals surface area contributed by atoms with E-state index in [4.69, 9.17) is 5.11 Å². The van der Waals surface area contributed by atoms with Crippen molar-refractivity contribution in [2.24, 2.45) is 0 Å². The van der Waals surface area contributed by atoms with Gasteiger partial charge in [-0.3, -0.25) is 0 Å². The molecule has 44 valence electrons. The number of hydrogen-bond donors (Lipinski definition) is 1. The van der Waals surface area contributed by atoms with Crippen LogP contribution < -0.4 is 0 Å². The van der Waals surface area contributed by atoms with Gasteiger partial charge in [-0.25, -0.2) is 8.78 Å². The van der Waals surface area contributed by atoms with Gasteiger partial charge in [-0.15, -0.1) is 0 Å². The lowest BCUT2D eigenvalue weighted by Crippen LogP contribution is -2.14. The molecule has 7 heavy (non-hydrogen) atoms. The zero-order chi connectivity index (χ0) is 5.86. The Morgan fingerprint density at radius 1 is 1.57 bits per heavy atom. The third-order valence-electron chi connectivity index (χ3n) is 0.709. The van der Waals surface area contributed by atoms with Crippen LogP contribution in [0.25, 0.3) is 0 Å². The maximum atomic E-state index is 11.2. The van der Waals surface area contributed by atoms with E-state index in [-0.39, 0.29) is 6.42 Å². The normalized spacial score (nSPS) is 15.0. The molecule has 0 aromatic carbocycles. The molecule has 0 radical (unpaired) electrons. The highest BCUT2D eigenvalue weighted by Gasteiger charge is 2.12. The Balaban J connectivity index is 3.14. The zero-order valence-corrected chi connectivity index (χ0v) is 4.06. The molecule has 0 fully saturated rings. The number of rotatable bonds is 2. The molecule has 0 bridgehead atoms. The summed E-state index contributed by atoms with van der Waals surface area (Å²) in [5, 5.41) is 8.19. The van der Waals surface area contributed by atoms with Gasteiger partial charge in [0.15, 0.2) is 0 Å². The van der Waals surface area contributed by atoms with Crippen molar-refractivity contribution in [3.8, 4) is 0 Å². The van der Waals surface area contributed by atoms with Crippen LogP contribution in [-0.2, 0) is 0 Å². The maximum Gasteiger partial charge on any atom is 0.264 e. The minimum absolute atomic E-state index is 0.123. The van der Waals surface area contributed by atoms with Gasteiger partial charge in [0.05, 0.1) is 0 Å². The second-order valence-electron chi connectivity index (χ2n) is 1.31. The van der Waals surface area contributed by atoms with E-state index >= 15 is 0 Å². The average molecular weight is 110 g/mol. The molecule has 0 aliphatic heterocycles. The van der Waals surface area contributed by atoms with Crippen molar-refractivity contribution < 1.29 is 13.9 Å². The molecular weight excluding hydrogens is 102 g/mol. The predicted octanol–water partition coefficient (Wildman–Crippen LogP) is 1.02. The van der Waals surface area contributed by atoms with E-state index in [1.54, 1.807) is 0 Å². The molecule has 0 heterocycles. The predicted molar refractivity (Wildman–Crippen MR) is 22.3 cm³/mol. The Morgan fingerprint density at radius 3 is 2.00 bits per heavy atom. The van der Waals surface area contributed by atoms with Crippen molar-refractivity contribution in [1.82, 2.24) is 0 Å². The smallest absolute Gasteiger partial charge is 0.264 e. The quantitative estimate of drug-likeness (QED) is 0.562. The van der Waals surface area contributed by atoms with Crippen LogP contribution in [0.15, 0.2) is 0 Å².